The molecule has 2 aliphatic carbocycles. The van der Waals surface area contributed by atoms with Gasteiger partial charge in [0, 0.05) is 30.5 Å². The Kier molecular flexibility index (Phi) is 5.72. The summed E-state index contributed by atoms with van der Waals surface area (Å²) in [6, 6.07) is 6.93. The number of nitrogens with one attached hydrogen (secondary N) is 2. The van der Waals surface area contributed by atoms with Crippen LogP contribution in [0.25, 0.3) is 11.0 Å². The van der Waals surface area contributed by atoms with E-state index in [2.05, 4.69) is 25.7 Å². The predicted molar refractivity (Wildman–Crippen MR) is 129 cm³/mol. The number of halogens is 2. The molecule has 1 spiro atoms. The topological polar surface area (TPSA) is 76.9 Å². The molecule has 1 saturated heterocycles. The van der Waals surface area contributed by atoms with E-state index in [9.17, 15) is 8.78 Å². The molecule has 2 saturated carbocycles. The number of hydrogen-bond acceptors (Lipinski definition) is 6. The fourth-order valence-electron chi connectivity index (χ4n) is 5.77. The summed E-state index contributed by atoms with van der Waals surface area (Å²) >= 11 is 0. The van der Waals surface area contributed by atoms with E-state index < -0.39 is 5.92 Å². The molecule has 0 radical (unpaired) electrons. The van der Waals surface area contributed by atoms with E-state index in [0.717, 1.165) is 68.3 Å². The van der Waals surface area contributed by atoms with Crippen LogP contribution in [0.4, 0.5) is 14.6 Å². The Morgan fingerprint density at radius 2 is 2.00 bits per heavy atom. The number of benzene rings is 1. The molecule has 6 rings (SSSR count). The molecular weight excluding hydrogens is 450 g/mol. The molecule has 1 aromatic carbocycles. The van der Waals surface area contributed by atoms with Gasteiger partial charge in [0.2, 0.25) is 0 Å². The number of fused-ring (bicyclic) bond motifs is 1. The van der Waals surface area contributed by atoms with Crippen LogP contribution in [-0.2, 0) is 10.7 Å². The van der Waals surface area contributed by atoms with Crippen LogP contribution in [0.15, 0.2) is 36.8 Å². The third-order valence-corrected chi connectivity index (χ3v) is 8.02. The number of anilines is 1. The first-order valence-electron chi connectivity index (χ1n) is 12.7. The lowest BCUT2D eigenvalue weighted by atomic mass is 10.0. The highest BCUT2D eigenvalue weighted by atomic mass is 19.3. The largest absolute Gasteiger partial charge is 0.366 e. The van der Waals surface area contributed by atoms with Crippen molar-refractivity contribution in [2.45, 2.75) is 76.1 Å². The summed E-state index contributed by atoms with van der Waals surface area (Å²) in [6.45, 7) is 2.33. The van der Waals surface area contributed by atoms with E-state index in [1.807, 2.05) is 17.8 Å². The summed E-state index contributed by atoms with van der Waals surface area (Å²) in [4.78, 5) is 8.84. The standard InChI is InChI=1S/C26H32F2N6O/c1-17-5-7-18(8-6-17)26(27,28)15-29-19-9-10-25(12-19)13-21(25)32-23-20-14-34(22-4-2-3-11-35-22)33-24(20)31-16-30-23/h5-8,14,16,19,21-22,29H,2-4,9-13,15H2,1H3,(H,30,31,32,33). The zero-order valence-electron chi connectivity index (χ0n) is 20.0. The molecule has 4 atom stereocenters. The van der Waals surface area contributed by atoms with Gasteiger partial charge in [0.05, 0.1) is 11.9 Å². The third kappa shape index (κ3) is 4.51. The quantitative estimate of drug-likeness (QED) is 0.497. The van der Waals surface area contributed by atoms with Gasteiger partial charge in [-0.25, -0.2) is 14.6 Å². The molecule has 1 aliphatic heterocycles. The Bertz CT molecular complexity index is 1190. The molecule has 7 nitrogen and oxygen atoms in total. The second-order valence-electron chi connectivity index (χ2n) is 10.5. The van der Waals surface area contributed by atoms with Crippen molar-refractivity contribution < 1.29 is 13.5 Å². The fourth-order valence-corrected chi connectivity index (χ4v) is 5.77. The molecule has 3 aliphatic rings. The molecule has 35 heavy (non-hydrogen) atoms. The number of aromatic nitrogens is 4. The third-order valence-electron chi connectivity index (χ3n) is 8.02. The van der Waals surface area contributed by atoms with Crippen molar-refractivity contribution >= 4 is 16.9 Å². The molecule has 0 amide bonds. The van der Waals surface area contributed by atoms with Crippen LogP contribution < -0.4 is 10.6 Å². The Labute approximate surface area is 203 Å². The normalized spacial score (nSPS) is 28.6. The second kappa shape index (κ2) is 8.78. The average Bonchev–Trinajstić information content (AvgIpc) is 3.18. The van der Waals surface area contributed by atoms with Gasteiger partial charge in [-0.1, -0.05) is 29.8 Å². The maximum Gasteiger partial charge on any atom is 0.285 e. The summed E-state index contributed by atoms with van der Waals surface area (Å²) in [7, 11) is 0. The van der Waals surface area contributed by atoms with E-state index in [0.29, 0.717) is 11.7 Å². The summed E-state index contributed by atoms with van der Waals surface area (Å²) in [5, 5.41) is 12.3. The highest BCUT2D eigenvalue weighted by Crippen LogP contribution is 2.59. The van der Waals surface area contributed by atoms with Crippen molar-refractivity contribution in [2.75, 3.05) is 18.5 Å². The van der Waals surface area contributed by atoms with E-state index in [-0.39, 0.29) is 29.8 Å². The SMILES string of the molecule is Cc1ccc(C(F)(F)CNC2CCC3(C2)CC3Nc2ncnc3nn(C4CCCCO4)cc23)cc1. The van der Waals surface area contributed by atoms with Gasteiger partial charge in [-0.2, -0.15) is 8.78 Å². The predicted octanol–water partition coefficient (Wildman–Crippen LogP) is 4.94. The van der Waals surface area contributed by atoms with Crippen LogP contribution in [-0.4, -0.2) is 45.0 Å². The van der Waals surface area contributed by atoms with Crippen molar-refractivity contribution in [2.24, 2.45) is 5.41 Å². The first-order valence-corrected chi connectivity index (χ1v) is 12.7. The fraction of sp³-hybridized carbons (Fsp3) is 0.577. The maximum absolute atomic E-state index is 14.7. The Balaban J connectivity index is 1.07. The molecular formula is C26H32F2N6O. The van der Waals surface area contributed by atoms with Gasteiger partial charge >= 0.3 is 0 Å². The second-order valence-corrected chi connectivity index (χ2v) is 10.5. The smallest absolute Gasteiger partial charge is 0.285 e. The lowest BCUT2D eigenvalue weighted by molar-refractivity contribution is -0.0391. The zero-order chi connectivity index (χ0) is 24.0. The summed E-state index contributed by atoms with van der Waals surface area (Å²) < 4.78 is 37.1. The van der Waals surface area contributed by atoms with Crippen LogP contribution in [0.3, 0.4) is 0 Å². The minimum Gasteiger partial charge on any atom is -0.366 e. The molecule has 3 aromatic rings. The lowest BCUT2D eigenvalue weighted by Crippen LogP contribution is -2.37. The van der Waals surface area contributed by atoms with Crippen LogP contribution in [0, 0.1) is 12.3 Å². The van der Waals surface area contributed by atoms with Gasteiger partial charge in [0.25, 0.3) is 5.92 Å². The molecule has 3 heterocycles. The van der Waals surface area contributed by atoms with Crippen molar-refractivity contribution in [3.63, 3.8) is 0 Å². The summed E-state index contributed by atoms with van der Waals surface area (Å²) in [5.74, 6) is -2.08. The van der Waals surface area contributed by atoms with Crippen LogP contribution in [0.2, 0.25) is 0 Å². The molecule has 3 fully saturated rings. The number of hydrogen-bond donors (Lipinski definition) is 2. The monoisotopic (exact) mass is 482 g/mol. The van der Waals surface area contributed by atoms with E-state index in [1.165, 1.54) is 12.1 Å². The molecule has 9 heteroatoms. The van der Waals surface area contributed by atoms with E-state index in [4.69, 9.17) is 4.74 Å². The first-order chi connectivity index (χ1) is 16.9. The summed E-state index contributed by atoms with van der Waals surface area (Å²) in [5.41, 5.74) is 1.87. The van der Waals surface area contributed by atoms with Crippen LogP contribution in [0.1, 0.15) is 62.3 Å². The van der Waals surface area contributed by atoms with Gasteiger partial charge in [0.15, 0.2) is 5.65 Å². The van der Waals surface area contributed by atoms with Crippen molar-refractivity contribution in [3.05, 3.63) is 47.9 Å². The van der Waals surface area contributed by atoms with Crippen molar-refractivity contribution in [1.82, 2.24) is 25.1 Å². The first kappa shape index (κ1) is 22.8. The minimum atomic E-state index is -2.88. The zero-order valence-corrected chi connectivity index (χ0v) is 20.0. The number of nitrogens with zero attached hydrogens (tertiary/aromatic N) is 4. The Hall–Kier alpha value is -2.65. The van der Waals surface area contributed by atoms with E-state index in [1.54, 1.807) is 18.5 Å². The Morgan fingerprint density at radius 3 is 2.80 bits per heavy atom. The van der Waals surface area contributed by atoms with Crippen molar-refractivity contribution in [1.29, 1.82) is 0 Å². The molecule has 186 valence electrons. The number of rotatable bonds is 7. The number of aryl methyl sites for hydroxylation is 1. The molecule has 4 unspecified atom stereocenters. The van der Waals surface area contributed by atoms with Gasteiger partial charge in [0.1, 0.15) is 18.4 Å². The summed E-state index contributed by atoms with van der Waals surface area (Å²) in [6.07, 6.45) is 10.5. The lowest BCUT2D eigenvalue weighted by Gasteiger charge is -2.22. The van der Waals surface area contributed by atoms with Crippen molar-refractivity contribution in [3.8, 4) is 0 Å². The van der Waals surface area contributed by atoms with Crippen LogP contribution >= 0.6 is 0 Å². The van der Waals surface area contributed by atoms with Gasteiger partial charge in [-0.3, -0.25) is 0 Å². The average molecular weight is 483 g/mol. The number of alkyl halides is 2. The Morgan fingerprint density at radius 1 is 1.14 bits per heavy atom. The van der Waals surface area contributed by atoms with E-state index >= 15 is 0 Å². The highest BCUT2D eigenvalue weighted by Gasteiger charge is 2.58. The number of ether oxygens (including phenoxy) is 1. The maximum atomic E-state index is 14.7. The minimum absolute atomic E-state index is 0.0437. The van der Waals surface area contributed by atoms with Gasteiger partial charge < -0.3 is 15.4 Å². The van der Waals surface area contributed by atoms with Gasteiger partial charge in [-0.05, 0) is 57.3 Å². The highest BCUT2D eigenvalue weighted by molar-refractivity contribution is 5.86. The molecule has 0 bridgehead atoms. The van der Waals surface area contributed by atoms with Gasteiger partial charge in [-0.15, -0.1) is 5.10 Å². The van der Waals surface area contributed by atoms with Crippen LogP contribution in [0.5, 0.6) is 0 Å². The molecule has 2 N–H and O–H groups in total. The molecule has 2 aromatic heterocycles.